The highest BCUT2D eigenvalue weighted by molar-refractivity contribution is 6.32. The molecule has 0 aliphatic carbocycles. The molecular formula is C83H70Cl3FN4O7. The first-order valence-electron chi connectivity index (χ1n) is 31.6. The number of carbonyl (C=O) groups is 4. The van der Waals surface area contributed by atoms with Crippen LogP contribution in [0.25, 0.3) is 44.5 Å². The number of ketones is 4. The highest BCUT2D eigenvalue weighted by atomic mass is 35.5. The maximum Gasteiger partial charge on any atom is 0.141 e. The molecule has 4 heterocycles. The second-order valence-corrected chi connectivity index (χ2v) is 24.2. The molecule has 0 amide bonds. The molecule has 0 atom stereocenters. The van der Waals surface area contributed by atoms with E-state index < -0.39 is 5.82 Å². The average molecular weight is 1360 g/mol. The van der Waals surface area contributed by atoms with E-state index in [1.54, 1.807) is 62.8 Å². The Morgan fingerprint density at radius 3 is 1.06 bits per heavy atom. The monoisotopic (exact) mass is 1360 g/mol. The van der Waals surface area contributed by atoms with Crippen LogP contribution in [0.3, 0.4) is 0 Å². The van der Waals surface area contributed by atoms with Crippen molar-refractivity contribution in [3.63, 3.8) is 0 Å². The van der Waals surface area contributed by atoms with Gasteiger partial charge < -0.3 is 14.9 Å². The summed E-state index contributed by atoms with van der Waals surface area (Å²) >= 11 is 18.2. The van der Waals surface area contributed by atoms with Gasteiger partial charge in [-0.05, 0) is 191 Å². The molecule has 0 unspecified atom stereocenters. The highest BCUT2D eigenvalue weighted by Crippen LogP contribution is 2.29. The van der Waals surface area contributed by atoms with E-state index in [4.69, 9.17) is 39.5 Å². The zero-order chi connectivity index (χ0) is 69.0. The van der Waals surface area contributed by atoms with E-state index in [0.29, 0.717) is 59.2 Å². The van der Waals surface area contributed by atoms with Gasteiger partial charge in [0.05, 0.1) is 20.3 Å². The summed E-state index contributed by atoms with van der Waals surface area (Å²) in [6.45, 7) is -0.209. The molecule has 8 aromatic carbocycles. The lowest BCUT2D eigenvalue weighted by Crippen LogP contribution is -2.08. The summed E-state index contributed by atoms with van der Waals surface area (Å²) in [6.07, 6.45) is 16.4. The minimum atomic E-state index is -0.415. The first-order valence-corrected chi connectivity index (χ1v) is 32.7. The van der Waals surface area contributed by atoms with Crippen molar-refractivity contribution in [2.45, 2.75) is 64.6 Å². The molecule has 12 aromatic rings. The Bertz CT molecular complexity index is 4590. The van der Waals surface area contributed by atoms with Crippen LogP contribution in [-0.4, -0.2) is 60.4 Å². The van der Waals surface area contributed by atoms with Gasteiger partial charge in [0.1, 0.15) is 34.7 Å². The maximum absolute atomic E-state index is 13.3. The molecule has 4 aromatic heterocycles. The number of pyridine rings is 4. The van der Waals surface area contributed by atoms with Crippen LogP contribution in [0.1, 0.15) is 55.6 Å². The molecule has 98 heavy (non-hydrogen) atoms. The molecule has 2 N–H and O–H groups in total. The van der Waals surface area contributed by atoms with Crippen LogP contribution in [0.15, 0.2) is 274 Å². The standard InChI is InChI=1S/C21H17ClFNO2.C21H18ClNO2.C21H19NO2.C20H16ClNO/c22-21-4-2-18(23)11-16(21)12-19(26)10-14-1-3-20(17(9-14)13-25)15-5-7-24-8-6-15;22-21-4-2-1-3-17(21)13-19(25)12-15-5-6-20(18(11-15)14-24)16-7-9-23-10-8-16;1-24-21-4-2-3-17(15-21)14-20(23)13-16-5-7-18(8-6-16)19-9-11-22-12-10-19;21-20-4-2-1-3-18(20)14-19(23)13-15-5-7-16(8-6-15)17-9-11-22-12-10-17/h1-9,11,25H,10,12-13H2;1-11,24H,12-14H2;2-12,15H,13-14H2,1H3;1-12H,13-14H2. The molecule has 0 saturated carbocycles. The molecule has 12 rings (SSSR count). The van der Waals surface area contributed by atoms with E-state index in [1.165, 1.54) is 18.2 Å². The first-order chi connectivity index (χ1) is 47.7. The Morgan fingerprint density at radius 1 is 0.327 bits per heavy atom. The van der Waals surface area contributed by atoms with Crippen molar-refractivity contribution < 1.29 is 38.5 Å². The third-order valence-corrected chi connectivity index (χ3v) is 16.9. The maximum atomic E-state index is 13.3. The third kappa shape index (κ3) is 22.1. The minimum Gasteiger partial charge on any atom is -0.497 e. The number of halogens is 4. The largest absolute Gasteiger partial charge is 0.497 e. The van der Waals surface area contributed by atoms with Crippen LogP contribution in [0, 0.1) is 5.82 Å². The molecule has 0 saturated heterocycles. The second kappa shape index (κ2) is 37.2. The second-order valence-electron chi connectivity index (χ2n) is 23.0. The van der Waals surface area contributed by atoms with Crippen LogP contribution in [0.2, 0.25) is 15.1 Å². The summed E-state index contributed by atoms with van der Waals surface area (Å²) in [7, 11) is 1.63. The molecule has 0 bridgehead atoms. The summed E-state index contributed by atoms with van der Waals surface area (Å²) < 4.78 is 18.5. The van der Waals surface area contributed by atoms with Crippen molar-refractivity contribution in [1.29, 1.82) is 0 Å². The quantitative estimate of drug-likeness (QED) is 0.0625. The van der Waals surface area contributed by atoms with Gasteiger partial charge in [0.2, 0.25) is 0 Å². The molecular weight excluding hydrogens is 1290 g/mol. The van der Waals surface area contributed by atoms with Gasteiger partial charge in [-0.15, -0.1) is 0 Å². The Labute approximate surface area is 585 Å². The number of hydrogen-bond acceptors (Lipinski definition) is 11. The van der Waals surface area contributed by atoms with Crippen molar-refractivity contribution in [1.82, 2.24) is 19.9 Å². The van der Waals surface area contributed by atoms with Crippen molar-refractivity contribution in [3.05, 3.63) is 351 Å². The van der Waals surface area contributed by atoms with Gasteiger partial charge in [0.15, 0.2) is 0 Å². The molecule has 0 radical (unpaired) electrons. The van der Waals surface area contributed by atoms with Gasteiger partial charge in [-0.3, -0.25) is 39.1 Å². The number of Topliss-reactive ketones (excluding diaryl/α,β-unsaturated/α-hetero) is 4. The molecule has 0 fully saturated rings. The number of aromatic nitrogens is 4. The zero-order valence-corrected chi connectivity index (χ0v) is 56.1. The number of benzene rings is 8. The van der Waals surface area contributed by atoms with Crippen LogP contribution >= 0.6 is 34.8 Å². The number of ether oxygens (including phenoxy) is 1. The lowest BCUT2D eigenvalue weighted by molar-refractivity contribution is -0.118. The lowest BCUT2D eigenvalue weighted by Gasteiger charge is -2.10. The summed E-state index contributed by atoms with van der Waals surface area (Å²) in [6, 6.07) is 69.4. The van der Waals surface area contributed by atoms with Crippen molar-refractivity contribution in [2.75, 3.05) is 7.11 Å². The molecule has 11 nitrogen and oxygen atoms in total. The molecule has 0 aliphatic heterocycles. The van der Waals surface area contributed by atoms with E-state index in [9.17, 15) is 33.8 Å². The summed E-state index contributed by atoms with van der Waals surface area (Å²) in [4.78, 5) is 65.3. The topological polar surface area (TPSA) is 170 Å². The number of methoxy groups -OCH3 is 1. The first kappa shape index (κ1) is 71.8. The van der Waals surface area contributed by atoms with Crippen molar-refractivity contribution >= 4 is 57.9 Å². The summed E-state index contributed by atoms with van der Waals surface area (Å²) in [5.41, 5.74) is 16.7. The summed E-state index contributed by atoms with van der Waals surface area (Å²) in [5, 5.41) is 21.0. The van der Waals surface area contributed by atoms with E-state index in [0.717, 1.165) is 100 Å². The fourth-order valence-electron chi connectivity index (χ4n) is 10.9. The lowest BCUT2D eigenvalue weighted by atomic mass is 9.95. The normalized spacial score (nSPS) is 10.6. The van der Waals surface area contributed by atoms with Gasteiger partial charge in [0, 0.05) is 116 Å². The van der Waals surface area contributed by atoms with Gasteiger partial charge in [0.25, 0.3) is 0 Å². The Hall–Kier alpha value is -10.4. The SMILES string of the molecule is COc1cccc(CC(=O)Cc2ccc(-c3ccncc3)cc2)c1.O=C(Cc1ccc(-c2ccncc2)c(CO)c1)Cc1cc(F)ccc1Cl.O=C(Cc1ccc(-c2ccncc2)c(CO)c1)Cc1ccccc1Cl.O=C(Cc1ccc(-c2ccncc2)cc1)Cc1ccccc1Cl. The Morgan fingerprint density at radius 2 is 0.663 bits per heavy atom. The molecule has 492 valence electrons. The fourth-order valence-corrected chi connectivity index (χ4v) is 11.5. The van der Waals surface area contributed by atoms with Gasteiger partial charge in [-0.2, -0.15) is 0 Å². The zero-order valence-electron chi connectivity index (χ0n) is 53.8. The Balaban J connectivity index is 0.000000153. The molecule has 0 aliphatic rings. The number of nitrogens with zero attached hydrogens (tertiary/aromatic N) is 4. The average Bonchev–Trinajstić information content (AvgIpc) is 0.907. The van der Waals surface area contributed by atoms with Gasteiger partial charge in [-0.25, -0.2) is 4.39 Å². The van der Waals surface area contributed by atoms with Crippen LogP contribution in [-0.2, 0) is 83.8 Å². The van der Waals surface area contributed by atoms with Gasteiger partial charge >= 0.3 is 0 Å². The van der Waals surface area contributed by atoms with Crippen molar-refractivity contribution in [3.8, 4) is 50.3 Å². The predicted octanol–water partition coefficient (Wildman–Crippen LogP) is 17.5. The minimum absolute atomic E-state index is 0.0666. The van der Waals surface area contributed by atoms with Crippen molar-refractivity contribution in [2.24, 2.45) is 0 Å². The van der Waals surface area contributed by atoms with E-state index in [1.807, 2.05) is 200 Å². The van der Waals surface area contributed by atoms with E-state index in [-0.39, 0.29) is 49.2 Å². The smallest absolute Gasteiger partial charge is 0.141 e. The molecule has 15 heteroatoms. The number of aliphatic hydroxyl groups excluding tert-OH is 2. The van der Waals surface area contributed by atoms with Gasteiger partial charge in [-0.1, -0.05) is 168 Å². The molecule has 0 spiro atoms. The van der Waals surface area contributed by atoms with E-state index >= 15 is 0 Å². The summed E-state index contributed by atoms with van der Waals surface area (Å²) in [5.74, 6) is 0.741. The van der Waals surface area contributed by atoms with Crippen LogP contribution in [0.4, 0.5) is 4.39 Å². The predicted molar refractivity (Wildman–Crippen MR) is 388 cm³/mol. The fraction of sp³-hybridized carbons (Fsp3) is 0.133. The highest BCUT2D eigenvalue weighted by Gasteiger charge is 2.15. The number of rotatable bonds is 23. The van der Waals surface area contributed by atoms with Crippen LogP contribution < -0.4 is 4.74 Å². The number of aliphatic hydroxyl groups is 2. The Kier molecular flexibility index (Phi) is 27.3. The number of hydrogen-bond donors (Lipinski definition) is 2. The van der Waals surface area contributed by atoms with E-state index in [2.05, 4.69) is 19.9 Å². The van der Waals surface area contributed by atoms with Crippen LogP contribution in [0.5, 0.6) is 5.75 Å². The third-order valence-electron chi connectivity index (χ3n) is 15.8. The number of carbonyl (C=O) groups excluding carboxylic acids is 4.